The highest BCUT2D eigenvalue weighted by Crippen LogP contribution is 2.30. The summed E-state index contributed by atoms with van der Waals surface area (Å²) in [6.07, 6.45) is 0. The molecule has 0 spiro atoms. The van der Waals surface area contributed by atoms with Crippen molar-refractivity contribution in [2.24, 2.45) is 5.73 Å². The van der Waals surface area contributed by atoms with Crippen LogP contribution in [0.2, 0.25) is 5.02 Å². The Balaban J connectivity index is 2.35. The summed E-state index contributed by atoms with van der Waals surface area (Å²) in [5.41, 5.74) is 6.41. The molecule has 0 radical (unpaired) electrons. The van der Waals surface area contributed by atoms with Gasteiger partial charge in [-0.1, -0.05) is 33.6 Å². The summed E-state index contributed by atoms with van der Waals surface area (Å²) >= 11 is 9.10. The van der Waals surface area contributed by atoms with E-state index in [1.807, 2.05) is 0 Å². The quantitative estimate of drug-likeness (QED) is 0.899. The highest BCUT2D eigenvalue weighted by molar-refractivity contribution is 9.10. The van der Waals surface area contributed by atoms with E-state index in [0.717, 1.165) is 5.56 Å². The van der Waals surface area contributed by atoms with E-state index in [4.69, 9.17) is 22.1 Å². The summed E-state index contributed by atoms with van der Waals surface area (Å²) < 4.78 is 19.4. The van der Waals surface area contributed by atoms with Crippen LogP contribution in [0.5, 0.6) is 11.5 Å². The van der Waals surface area contributed by atoms with Crippen LogP contribution in [0.15, 0.2) is 40.9 Å². The van der Waals surface area contributed by atoms with E-state index in [1.54, 1.807) is 24.3 Å². The summed E-state index contributed by atoms with van der Waals surface area (Å²) in [4.78, 5) is 0. The van der Waals surface area contributed by atoms with E-state index in [9.17, 15) is 4.39 Å². The van der Waals surface area contributed by atoms with Crippen molar-refractivity contribution in [3.63, 3.8) is 0 Å². The van der Waals surface area contributed by atoms with Crippen LogP contribution in [-0.2, 0) is 6.54 Å². The Kier molecular flexibility index (Phi) is 4.22. The van der Waals surface area contributed by atoms with Crippen molar-refractivity contribution in [3.8, 4) is 11.5 Å². The molecule has 0 aliphatic heterocycles. The molecule has 2 aromatic carbocycles. The maximum absolute atomic E-state index is 13.2. The molecule has 0 heterocycles. The molecule has 0 fully saturated rings. The van der Waals surface area contributed by atoms with Gasteiger partial charge in [0.05, 0.1) is 0 Å². The van der Waals surface area contributed by atoms with Crippen molar-refractivity contribution in [1.29, 1.82) is 0 Å². The molecule has 94 valence electrons. The van der Waals surface area contributed by atoms with E-state index in [0.29, 0.717) is 27.5 Å². The Morgan fingerprint density at radius 3 is 2.67 bits per heavy atom. The van der Waals surface area contributed by atoms with E-state index in [2.05, 4.69) is 15.9 Å². The van der Waals surface area contributed by atoms with Crippen LogP contribution in [0.4, 0.5) is 4.39 Å². The molecular formula is C13H10BrClFNO. The van der Waals surface area contributed by atoms with Gasteiger partial charge in [-0.2, -0.15) is 0 Å². The molecule has 5 heteroatoms. The van der Waals surface area contributed by atoms with Gasteiger partial charge < -0.3 is 10.5 Å². The van der Waals surface area contributed by atoms with Crippen LogP contribution in [0.25, 0.3) is 0 Å². The fourth-order valence-corrected chi connectivity index (χ4v) is 2.11. The van der Waals surface area contributed by atoms with Gasteiger partial charge in [-0.15, -0.1) is 0 Å². The summed E-state index contributed by atoms with van der Waals surface area (Å²) in [7, 11) is 0. The Morgan fingerprint density at radius 2 is 2.00 bits per heavy atom. The number of nitrogens with two attached hydrogens (primary N) is 1. The van der Waals surface area contributed by atoms with Crippen molar-refractivity contribution in [2.45, 2.75) is 6.54 Å². The Morgan fingerprint density at radius 1 is 1.22 bits per heavy atom. The average Bonchev–Trinajstić information content (AvgIpc) is 2.27. The molecule has 2 N–H and O–H groups in total. The largest absolute Gasteiger partial charge is 0.457 e. The zero-order valence-electron chi connectivity index (χ0n) is 9.29. The van der Waals surface area contributed by atoms with Crippen molar-refractivity contribution in [2.75, 3.05) is 0 Å². The van der Waals surface area contributed by atoms with Crippen LogP contribution in [0.3, 0.4) is 0 Å². The van der Waals surface area contributed by atoms with Crippen molar-refractivity contribution >= 4 is 27.5 Å². The SMILES string of the molecule is NCc1ccc(Cl)cc1Oc1cc(F)cc(Br)c1. The minimum atomic E-state index is -0.379. The van der Waals surface area contributed by atoms with Crippen LogP contribution in [-0.4, -0.2) is 0 Å². The summed E-state index contributed by atoms with van der Waals surface area (Å²) in [5.74, 6) is 0.539. The molecule has 0 saturated carbocycles. The first kappa shape index (κ1) is 13.3. The third-order valence-corrected chi connectivity index (χ3v) is 3.01. The first-order valence-corrected chi connectivity index (χ1v) is 6.38. The second-order valence-corrected chi connectivity index (χ2v) is 5.02. The van der Waals surface area contributed by atoms with Crippen molar-refractivity contribution in [3.05, 3.63) is 57.3 Å². The molecule has 0 amide bonds. The van der Waals surface area contributed by atoms with Gasteiger partial charge in [0.15, 0.2) is 0 Å². The fraction of sp³-hybridized carbons (Fsp3) is 0.0769. The zero-order chi connectivity index (χ0) is 13.1. The van der Waals surface area contributed by atoms with Gasteiger partial charge in [-0.05, 0) is 24.3 Å². The van der Waals surface area contributed by atoms with Crippen molar-refractivity contribution < 1.29 is 9.13 Å². The topological polar surface area (TPSA) is 35.2 Å². The lowest BCUT2D eigenvalue weighted by Gasteiger charge is -2.10. The summed E-state index contributed by atoms with van der Waals surface area (Å²) in [6.45, 7) is 0.322. The maximum atomic E-state index is 13.2. The van der Waals surface area contributed by atoms with Crippen LogP contribution in [0, 0.1) is 5.82 Å². The third-order valence-electron chi connectivity index (χ3n) is 2.31. The second kappa shape index (κ2) is 5.69. The van der Waals surface area contributed by atoms with Crippen LogP contribution in [0.1, 0.15) is 5.56 Å². The predicted octanol–water partition coefficient (Wildman–Crippen LogP) is 4.49. The number of ether oxygens (including phenoxy) is 1. The smallest absolute Gasteiger partial charge is 0.133 e. The minimum Gasteiger partial charge on any atom is -0.457 e. The summed E-state index contributed by atoms with van der Waals surface area (Å²) in [5, 5.41) is 0.540. The number of benzene rings is 2. The molecule has 0 atom stereocenters. The van der Waals surface area contributed by atoms with Gasteiger partial charge in [0.1, 0.15) is 17.3 Å². The number of hydrogen-bond donors (Lipinski definition) is 1. The molecule has 0 aliphatic carbocycles. The van der Waals surface area contributed by atoms with Crippen LogP contribution >= 0.6 is 27.5 Å². The van der Waals surface area contributed by atoms with Gasteiger partial charge in [0.2, 0.25) is 0 Å². The zero-order valence-corrected chi connectivity index (χ0v) is 11.6. The van der Waals surface area contributed by atoms with Gasteiger partial charge >= 0.3 is 0 Å². The Hall–Kier alpha value is -1.10. The number of halogens is 3. The Labute approximate surface area is 118 Å². The van der Waals surface area contributed by atoms with Gasteiger partial charge in [0, 0.05) is 27.7 Å². The average molecular weight is 331 g/mol. The first-order valence-electron chi connectivity index (χ1n) is 5.21. The maximum Gasteiger partial charge on any atom is 0.133 e. The lowest BCUT2D eigenvalue weighted by molar-refractivity contribution is 0.470. The standard InChI is InChI=1S/C13H10BrClFNO/c14-9-3-11(16)6-12(4-9)18-13-5-10(15)2-1-8(13)7-17/h1-6H,7,17H2. The molecule has 0 aromatic heterocycles. The van der Waals surface area contributed by atoms with Gasteiger partial charge in [-0.25, -0.2) is 4.39 Å². The Bertz CT molecular complexity index is 557. The first-order chi connectivity index (χ1) is 8.58. The normalized spacial score (nSPS) is 10.4. The number of rotatable bonds is 3. The second-order valence-electron chi connectivity index (χ2n) is 3.66. The molecule has 0 aliphatic rings. The van der Waals surface area contributed by atoms with E-state index in [1.165, 1.54) is 12.1 Å². The highest BCUT2D eigenvalue weighted by atomic mass is 79.9. The van der Waals surface area contributed by atoms with Gasteiger partial charge in [0.25, 0.3) is 0 Å². The lowest BCUT2D eigenvalue weighted by Crippen LogP contribution is -1.99. The monoisotopic (exact) mass is 329 g/mol. The summed E-state index contributed by atoms with van der Waals surface area (Å²) in [6, 6.07) is 9.50. The highest BCUT2D eigenvalue weighted by Gasteiger charge is 2.06. The number of hydrogen-bond acceptors (Lipinski definition) is 2. The lowest BCUT2D eigenvalue weighted by atomic mass is 10.2. The van der Waals surface area contributed by atoms with Crippen molar-refractivity contribution in [1.82, 2.24) is 0 Å². The third kappa shape index (κ3) is 3.22. The predicted molar refractivity (Wildman–Crippen MR) is 73.5 cm³/mol. The van der Waals surface area contributed by atoms with Crippen LogP contribution < -0.4 is 10.5 Å². The molecule has 0 unspecified atom stereocenters. The minimum absolute atomic E-state index is 0.322. The molecule has 0 bridgehead atoms. The molecule has 0 saturated heterocycles. The molecule has 2 rings (SSSR count). The molecular weight excluding hydrogens is 321 g/mol. The molecule has 2 nitrogen and oxygen atoms in total. The van der Waals surface area contributed by atoms with Gasteiger partial charge in [-0.3, -0.25) is 0 Å². The molecule has 2 aromatic rings. The van der Waals surface area contributed by atoms with E-state index in [-0.39, 0.29) is 5.82 Å². The molecule has 18 heavy (non-hydrogen) atoms. The fourth-order valence-electron chi connectivity index (χ4n) is 1.51. The van der Waals surface area contributed by atoms with E-state index >= 15 is 0 Å². The van der Waals surface area contributed by atoms with E-state index < -0.39 is 0 Å².